The Hall–Kier alpha value is -5.77. The molecule has 3 aromatic rings. The molecule has 342 valence electrons. The van der Waals surface area contributed by atoms with Crippen LogP contribution in [0.1, 0.15) is 86.7 Å². The maximum absolute atomic E-state index is 13.0. The molecule has 2 aromatic heterocycles. The Morgan fingerprint density at radius 3 is 2.03 bits per heavy atom. The summed E-state index contributed by atoms with van der Waals surface area (Å²) in [6, 6.07) is 5.37. The molecule has 0 aliphatic rings. The number of ether oxygens (including phenoxy) is 2. The maximum Gasteiger partial charge on any atom is 0.326 e. The molecule has 2 heterocycles. The highest BCUT2D eigenvalue weighted by Gasteiger charge is 2.22. The van der Waals surface area contributed by atoms with E-state index < -0.39 is 23.9 Å². The fraction of sp³-hybridized carbons (Fsp3) is 0.585. The molecule has 0 saturated carbocycles. The number of hydrogen-bond acceptors (Lipinski definition) is 16. The molecule has 0 aliphatic carbocycles. The summed E-state index contributed by atoms with van der Waals surface area (Å²) in [5.74, 6) is -3.00. The first-order valence-electron chi connectivity index (χ1n) is 21.1. The highest BCUT2D eigenvalue weighted by Crippen LogP contribution is 2.19. The first kappa shape index (κ1) is 50.6. The molecule has 0 spiro atoms. The normalized spacial score (nSPS) is 11.7. The van der Waals surface area contributed by atoms with Crippen molar-refractivity contribution in [2.75, 3.05) is 89.1 Å². The van der Waals surface area contributed by atoms with Crippen molar-refractivity contribution in [2.24, 2.45) is 5.73 Å². The molecule has 1 atom stereocenters. The van der Waals surface area contributed by atoms with Gasteiger partial charge in [-0.2, -0.15) is 9.97 Å². The number of benzene rings is 1. The summed E-state index contributed by atoms with van der Waals surface area (Å²) in [6.45, 7) is 6.33. The van der Waals surface area contributed by atoms with Crippen LogP contribution in [0, 0.1) is 0 Å². The number of unbranched alkanes of at least 4 members (excludes halogenated alkanes) is 4. The van der Waals surface area contributed by atoms with E-state index in [4.69, 9.17) is 31.8 Å². The molecule has 62 heavy (non-hydrogen) atoms. The van der Waals surface area contributed by atoms with Crippen molar-refractivity contribution in [3.63, 3.8) is 0 Å². The van der Waals surface area contributed by atoms with Crippen LogP contribution in [0.4, 0.5) is 17.5 Å². The number of amides is 3. The Kier molecular flexibility index (Phi) is 23.4. The summed E-state index contributed by atoms with van der Waals surface area (Å²) in [6.07, 6.45) is 7.19. The molecule has 0 saturated heterocycles. The maximum atomic E-state index is 13.0. The lowest BCUT2D eigenvalue weighted by Gasteiger charge is -2.22. The zero-order valence-corrected chi connectivity index (χ0v) is 35.7. The quantitative estimate of drug-likeness (QED) is 0.0400. The van der Waals surface area contributed by atoms with E-state index in [-0.39, 0.29) is 54.8 Å². The molecule has 0 bridgehead atoms. The van der Waals surface area contributed by atoms with Crippen LogP contribution in [-0.4, -0.2) is 143 Å². The minimum Gasteiger partial charge on any atom is -0.481 e. The van der Waals surface area contributed by atoms with Crippen LogP contribution in [0.3, 0.4) is 0 Å². The minimum atomic E-state index is -1.25. The number of nitrogens with zero attached hydrogens (tertiary/aromatic N) is 6. The minimum absolute atomic E-state index is 0.00825. The molecule has 3 rings (SSSR count). The number of rotatable bonds is 33. The summed E-state index contributed by atoms with van der Waals surface area (Å²) in [7, 11) is 1.83. The second kappa shape index (κ2) is 28.7. The van der Waals surface area contributed by atoms with Crippen LogP contribution in [-0.2, 0) is 35.2 Å². The number of nitrogens with one attached hydrogen (secondary N) is 3. The summed E-state index contributed by atoms with van der Waals surface area (Å²) in [4.78, 5) is 81.0. The van der Waals surface area contributed by atoms with Gasteiger partial charge in [0, 0.05) is 63.7 Å². The molecule has 0 aliphatic heterocycles. The van der Waals surface area contributed by atoms with Crippen molar-refractivity contribution in [3.05, 3.63) is 41.7 Å². The number of aromatic nitrogens is 4. The average Bonchev–Trinajstić information content (AvgIpc) is 3.23. The molecule has 1 aromatic carbocycles. The number of fused-ring (bicyclic) bond motifs is 1. The zero-order chi connectivity index (χ0) is 45.1. The third kappa shape index (κ3) is 20.2. The standard InChI is InChI=1S/C41H64N12O9/c1-52(28-30-27-47-38-36(48-30)37(43)50-41(44)51-38)31-13-11-29(12-14-31)39(58)49-32(40(59)60)15-16-34(55)46-19-5-3-7-21-53(22-24-62-26-25-61-23-17-42)20-6-2-4-18-45-33(54)9-8-10-35(56)57/h11-14,27,32H,2-10,15-26,28,42H2,1H3,(H,45,54)(H,46,55)(H,49,58)(H,56,57)(H,59,60)(H4,43,44,47,50,51)/t32-/m0/s1. The van der Waals surface area contributed by atoms with Gasteiger partial charge in [-0.3, -0.25) is 19.2 Å². The number of hydrogen-bond donors (Lipinski definition) is 8. The number of carboxylic acids is 2. The van der Waals surface area contributed by atoms with E-state index in [1.54, 1.807) is 30.5 Å². The Labute approximate surface area is 361 Å². The molecule has 21 heteroatoms. The lowest BCUT2D eigenvalue weighted by atomic mass is 10.1. The third-order valence-electron chi connectivity index (χ3n) is 9.66. The van der Waals surface area contributed by atoms with E-state index in [1.807, 2.05) is 11.9 Å². The lowest BCUT2D eigenvalue weighted by molar-refractivity contribution is -0.140. The van der Waals surface area contributed by atoms with Crippen LogP contribution in [0.2, 0.25) is 0 Å². The van der Waals surface area contributed by atoms with E-state index >= 15 is 0 Å². The fourth-order valence-corrected chi connectivity index (χ4v) is 6.28. The van der Waals surface area contributed by atoms with Crippen LogP contribution in [0.5, 0.6) is 0 Å². The van der Waals surface area contributed by atoms with Crippen molar-refractivity contribution in [2.45, 2.75) is 83.2 Å². The van der Waals surface area contributed by atoms with Gasteiger partial charge in [-0.05, 0) is 75.9 Å². The number of carbonyl (C=O) groups is 5. The monoisotopic (exact) mass is 868 g/mol. The number of carbonyl (C=O) groups excluding carboxylic acids is 3. The summed E-state index contributed by atoms with van der Waals surface area (Å²) in [5.41, 5.74) is 19.3. The van der Waals surface area contributed by atoms with Gasteiger partial charge in [0.05, 0.1) is 44.9 Å². The third-order valence-corrected chi connectivity index (χ3v) is 9.66. The molecule has 3 amide bonds. The fourth-order valence-electron chi connectivity index (χ4n) is 6.28. The Morgan fingerprint density at radius 2 is 1.40 bits per heavy atom. The van der Waals surface area contributed by atoms with Crippen molar-refractivity contribution < 1.29 is 43.7 Å². The first-order valence-corrected chi connectivity index (χ1v) is 21.1. The van der Waals surface area contributed by atoms with Crippen LogP contribution < -0.4 is 38.1 Å². The highest BCUT2D eigenvalue weighted by molar-refractivity contribution is 5.97. The zero-order valence-electron chi connectivity index (χ0n) is 35.7. The van der Waals surface area contributed by atoms with Crippen molar-refractivity contribution >= 4 is 58.3 Å². The van der Waals surface area contributed by atoms with Gasteiger partial charge in [0.25, 0.3) is 5.91 Å². The molecular formula is C41H64N12O9. The number of anilines is 3. The van der Waals surface area contributed by atoms with Crippen LogP contribution in [0.15, 0.2) is 30.5 Å². The predicted molar refractivity (Wildman–Crippen MR) is 233 cm³/mol. The predicted octanol–water partition coefficient (Wildman–Crippen LogP) is 1.31. The summed E-state index contributed by atoms with van der Waals surface area (Å²) < 4.78 is 11.1. The largest absolute Gasteiger partial charge is 0.481 e. The summed E-state index contributed by atoms with van der Waals surface area (Å²) >= 11 is 0. The van der Waals surface area contributed by atoms with Gasteiger partial charge in [0.15, 0.2) is 17.0 Å². The van der Waals surface area contributed by atoms with E-state index in [9.17, 15) is 29.1 Å². The van der Waals surface area contributed by atoms with E-state index in [2.05, 4.69) is 40.8 Å². The smallest absolute Gasteiger partial charge is 0.326 e. The summed E-state index contributed by atoms with van der Waals surface area (Å²) in [5, 5.41) is 26.7. The Morgan fingerprint density at radius 1 is 0.758 bits per heavy atom. The molecule has 0 unspecified atom stereocenters. The van der Waals surface area contributed by atoms with Gasteiger partial charge in [-0.25, -0.2) is 14.8 Å². The number of nitrogens with two attached hydrogens (primary N) is 3. The van der Waals surface area contributed by atoms with Crippen molar-refractivity contribution in [1.82, 2.24) is 40.8 Å². The SMILES string of the molecule is CN(Cc1cnc2nc(N)nc(N)c2n1)c1ccc(C(=O)N[C@@H](CCC(=O)NCCCCCN(CCCCCNC(=O)CCCC(=O)O)CCOCCOCCN)C(=O)O)cc1. The topological polar surface area (TPSA) is 316 Å². The molecule has 0 fully saturated rings. The molecular weight excluding hydrogens is 805 g/mol. The van der Waals surface area contributed by atoms with Gasteiger partial charge in [0.1, 0.15) is 6.04 Å². The highest BCUT2D eigenvalue weighted by atomic mass is 16.5. The Balaban J connectivity index is 1.34. The number of nitrogen functional groups attached to an aromatic ring is 2. The molecule has 21 nitrogen and oxygen atoms in total. The van der Waals surface area contributed by atoms with Crippen molar-refractivity contribution in [3.8, 4) is 0 Å². The number of aliphatic carboxylic acids is 2. The second-order valence-corrected chi connectivity index (χ2v) is 14.7. The van der Waals surface area contributed by atoms with Crippen LogP contribution >= 0.6 is 0 Å². The Bertz CT molecular complexity index is 1850. The average molecular weight is 869 g/mol. The van der Waals surface area contributed by atoms with Crippen LogP contribution in [0.25, 0.3) is 11.2 Å². The van der Waals surface area contributed by atoms with E-state index in [0.29, 0.717) is 75.9 Å². The second-order valence-electron chi connectivity index (χ2n) is 14.7. The van der Waals surface area contributed by atoms with Gasteiger partial charge in [-0.15, -0.1) is 0 Å². The van der Waals surface area contributed by atoms with Crippen molar-refractivity contribution in [1.29, 1.82) is 0 Å². The van der Waals surface area contributed by atoms with Gasteiger partial charge in [0.2, 0.25) is 17.8 Å². The molecule has 11 N–H and O–H groups in total. The van der Waals surface area contributed by atoms with E-state index in [1.165, 1.54) is 0 Å². The van der Waals surface area contributed by atoms with Gasteiger partial charge >= 0.3 is 11.9 Å². The first-order chi connectivity index (χ1) is 29.9. The lowest BCUT2D eigenvalue weighted by Crippen LogP contribution is -2.41. The van der Waals surface area contributed by atoms with Gasteiger partial charge < -0.3 is 62.6 Å². The van der Waals surface area contributed by atoms with Gasteiger partial charge in [-0.1, -0.05) is 12.8 Å². The van der Waals surface area contributed by atoms with E-state index in [0.717, 1.165) is 63.8 Å². The molecule has 0 radical (unpaired) electrons. The number of carboxylic acid groups (broad SMARTS) is 2.